The van der Waals surface area contributed by atoms with Gasteiger partial charge in [0.15, 0.2) is 11.2 Å². The van der Waals surface area contributed by atoms with E-state index in [1.54, 1.807) is 37.4 Å². The number of aliphatic hydroxyl groups is 2. The lowest BCUT2D eigenvalue weighted by atomic mass is 9.75. The van der Waals surface area contributed by atoms with Crippen LogP contribution in [0.4, 0.5) is 0 Å². The second kappa shape index (κ2) is 9.97. The van der Waals surface area contributed by atoms with Gasteiger partial charge >= 0.3 is 5.97 Å². The van der Waals surface area contributed by atoms with Gasteiger partial charge in [-0.05, 0) is 28.8 Å². The van der Waals surface area contributed by atoms with Crippen molar-refractivity contribution in [2.45, 2.75) is 29.8 Å². The molecule has 4 aromatic rings. The van der Waals surface area contributed by atoms with Gasteiger partial charge in [-0.2, -0.15) is 0 Å². The third-order valence-corrected chi connectivity index (χ3v) is 7.98. The average Bonchev–Trinajstić information content (AvgIpc) is 3.13. The van der Waals surface area contributed by atoms with Crippen LogP contribution < -0.4 is 14.2 Å². The molecule has 0 amide bonds. The Kier molecular flexibility index (Phi) is 6.44. The molecule has 1 saturated carbocycles. The summed E-state index contributed by atoms with van der Waals surface area (Å²) >= 11 is 0. The molecule has 0 radical (unpaired) electrons. The topological polar surface area (TPSA) is 107 Å². The van der Waals surface area contributed by atoms with Gasteiger partial charge in [-0.3, -0.25) is 9.78 Å². The molecule has 1 aliphatic carbocycles. The lowest BCUT2D eigenvalue weighted by Gasteiger charge is -2.44. The van der Waals surface area contributed by atoms with Crippen molar-refractivity contribution in [1.29, 1.82) is 0 Å². The summed E-state index contributed by atoms with van der Waals surface area (Å²) < 4.78 is 23.3. The van der Waals surface area contributed by atoms with Crippen molar-refractivity contribution in [3.63, 3.8) is 0 Å². The molecule has 0 spiro atoms. The predicted octanol–water partition coefficient (Wildman–Crippen LogP) is 4.09. The fourth-order valence-corrected chi connectivity index (χ4v) is 6.16. The van der Waals surface area contributed by atoms with E-state index in [4.69, 9.17) is 18.9 Å². The number of rotatable bonds is 7. The van der Waals surface area contributed by atoms with Gasteiger partial charge in [0.25, 0.3) is 0 Å². The minimum atomic E-state index is -2.13. The summed E-state index contributed by atoms with van der Waals surface area (Å²) in [5.74, 6) is -1.52. The SMILES string of the molecule is COC(=O)C1C(c2ccccc2)[C@]2(c3ccc(OC)cc3)Oc3cc(OCc4ccccc4)cnc3[C@@]1(O)C2O. The Hall–Kier alpha value is -4.40. The number of carbonyl (C=O) groups is 1. The fourth-order valence-electron chi connectivity index (χ4n) is 6.16. The van der Waals surface area contributed by atoms with E-state index in [-0.39, 0.29) is 11.4 Å². The zero-order valence-corrected chi connectivity index (χ0v) is 22.1. The molecular weight excluding hydrogens is 510 g/mol. The van der Waals surface area contributed by atoms with Gasteiger partial charge in [-0.15, -0.1) is 0 Å². The minimum Gasteiger partial charge on any atom is -0.497 e. The Balaban J connectivity index is 1.54. The number of hydrogen-bond donors (Lipinski definition) is 2. The fraction of sp³-hybridized carbons (Fsp3) is 0.250. The summed E-state index contributed by atoms with van der Waals surface area (Å²) in [6.45, 7) is 0.301. The van der Waals surface area contributed by atoms with Crippen molar-refractivity contribution in [3.05, 3.63) is 120 Å². The molecule has 3 aromatic carbocycles. The second-order valence-corrected chi connectivity index (χ2v) is 10.0. The van der Waals surface area contributed by atoms with E-state index < -0.39 is 35.1 Å². The first-order chi connectivity index (χ1) is 19.4. The zero-order chi connectivity index (χ0) is 27.9. The number of benzene rings is 3. The van der Waals surface area contributed by atoms with Crippen molar-refractivity contribution in [3.8, 4) is 17.2 Å². The van der Waals surface area contributed by atoms with Gasteiger partial charge < -0.3 is 29.2 Å². The Bertz CT molecular complexity index is 1510. The van der Waals surface area contributed by atoms with Crippen molar-refractivity contribution in [2.75, 3.05) is 14.2 Å². The van der Waals surface area contributed by atoms with Crippen LogP contribution in [0.3, 0.4) is 0 Å². The molecular formula is C32H29NO7. The molecule has 3 unspecified atom stereocenters. The van der Waals surface area contributed by atoms with E-state index in [0.29, 0.717) is 29.2 Å². The molecule has 204 valence electrons. The van der Waals surface area contributed by atoms with Crippen molar-refractivity contribution in [2.24, 2.45) is 5.92 Å². The number of aromatic nitrogens is 1. The monoisotopic (exact) mass is 539 g/mol. The lowest BCUT2D eigenvalue weighted by Crippen LogP contribution is -2.55. The molecule has 1 aromatic heterocycles. The van der Waals surface area contributed by atoms with Gasteiger partial charge in [0, 0.05) is 12.0 Å². The van der Waals surface area contributed by atoms with Crippen LogP contribution in [-0.4, -0.2) is 41.5 Å². The summed E-state index contributed by atoms with van der Waals surface area (Å²) in [6.07, 6.45) is -0.112. The number of hydrogen-bond acceptors (Lipinski definition) is 8. The molecule has 40 heavy (non-hydrogen) atoms. The number of methoxy groups -OCH3 is 2. The standard InChI is InChI=1S/C32H29NO7/c1-37-23-15-13-22(14-16-23)32-26(21-11-7-4-8-12-21)27(29(34)38-2)31(36,30(32)35)28-25(40-32)17-24(18-33-28)39-19-20-9-5-3-6-10-20/h3-18,26-27,30,35-36H,19H2,1-2H3/t26?,27?,30?,31-,32+/m1/s1. The van der Waals surface area contributed by atoms with E-state index in [1.807, 2.05) is 60.7 Å². The van der Waals surface area contributed by atoms with E-state index in [1.165, 1.54) is 13.3 Å². The van der Waals surface area contributed by atoms with Crippen LogP contribution in [0.1, 0.15) is 28.3 Å². The summed E-state index contributed by atoms with van der Waals surface area (Å²) in [5.41, 5.74) is -1.43. The molecule has 0 saturated heterocycles. The van der Waals surface area contributed by atoms with Crippen LogP contribution in [-0.2, 0) is 27.3 Å². The molecule has 1 aliphatic heterocycles. The summed E-state index contributed by atoms with van der Waals surface area (Å²) in [7, 11) is 2.82. The highest BCUT2D eigenvalue weighted by atomic mass is 16.5. The number of esters is 1. The molecule has 1 fully saturated rings. The smallest absolute Gasteiger partial charge is 0.312 e. The third-order valence-electron chi connectivity index (χ3n) is 7.98. The summed E-state index contributed by atoms with van der Waals surface area (Å²) in [6, 6.07) is 27.6. The first-order valence-corrected chi connectivity index (χ1v) is 13.0. The van der Waals surface area contributed by atoms with Crippen LogP contribution in [0.5, 0.6) is 17.2 Å². The number of nitrogens with zero attached hydrogens (tertiary/aromatic N) is 1. The maximum absolute atomic E-state index is 13.5. The van der Waals surface area contributed by atoms with Gasteiger partial charge in [0.05, 0.1) is 20.4 Å². The van der Waals surface area contributed by atoms with Crippen LogP contribution in [0, 0.1) is 5.92 Å². The molecule has 8 nitrogen and oxygen atoms in total. The van der Waals surface area contributed by atoms with Crippen molar-refractivity contribution < 1.29 is 34.0 Å². The van der Waals surface area contributed by atoms with E-state index >= 15 is 0 Å². The first-order valence-electron chi connectivity index (χ1n) is 13.0. The van der Waals surface area contributed by atoms with Crippen LogP contribution >= 0.6 is 0 Å². The van der Waals surface area contributed by atoms with E-state index in [9.17, 15) is 15.0 Å². The Morgan fingerprint density at radius 2 is 1.62 bits per heavy atom. The zero-order valence-electron chi connectivity index (χ0n) is 22.1. The number of ether oxygens (including phenoxy) is 4. The average molecular weight is 540 g/mol. The molecule has 2 aliphatic rings. The van der Waals surface area contributed by atoms with Crippen LogP contribution in [0.15, 0.2) is 97.2 Å². The maximum atomic E-state index is 13.5. The molecule has 8 heteroatoms. The minimum absolute atomic E-state index is 0.0463. The van der Waals surface area contributed by atoms with Crippen molar-refractivity contribution >= 4 is 5.97 Å². The van der Waals surface area contributed by atoms with Crippen LogP contribution in [0.25, 0.3) is 0 Å². The highest BCUT2D eigenvalue weighted by molar-refractivity contribution is 5.78. The molecule has 5 atom stereocenters. The highest BCUT2D eigenvalue weighted by Gasteiger charge is 2.76. The number of fused-ring (bicyclic) bond motifs is 4. The highest BCUT2D eigenvalue weighted by Crippen LogP contribution is 2.66. The largest absolute Gasteiger partial charge is 0.497 e. The molecule has 2 N–H and O–H groups in total. The summed E-state index contributed by atoms with van der Waals surface area (Å²) in [5, 5.41) is 24.4. The van der Waals surface area contributed by atoms with Gasteiger partial charge in [-0.25, -0.2) is 0 Å². The van der Waals surface area contributed by atoms with Crippen LogP contribution in [0.2, 0.25) is 0 Å². The van der Waals surface area contributed by atoms with E-state index in [0.717, 1.165) is 5.56 Å². The first kappa shape index (κ1) is 25.9. The molecule has 6 rings (SSSR count). The normalized spacial score (nSPS) is 26.4. The maximum Gasteiger partial charge on any atom is 0.312 e. The van der Waals surface area contributed by atoms with Gasteiger partial charge in [0.2, 0.25) is 0 Å². The second-order valence-electron chi connectivity index (χ2n) is 10.0. The third kappa shape index (κ3) is 3.83. The number of pyridine rings is 1. The quantitative estimate of drug-likeness (QED) is 0.338. The van der Waals surface area contributed by atoms with Gasteiger partial charge in [-0.1, -0.05) is 72.8 Å². The van der Waals surface area contributed by atoms with Crippen molar-refractivity contribution in [1.82, 2.24) is 4.98 Å². The van der Waals surface area contributed by atoms with E-state index in [2.05, 4.69) is 4.98 Å². The summed E-state index contributed by atoms with van der Waals surface area (Å²) in [4.78, 5) is 18.0. The molecule has 2 heterocycles. The number of carbonyl (C=O) groups excluding carboxylic acids is 1. The lowest BCUT2D eigenvalue weighted by molar-refractivity contribution is -0.173. The Morgan fingerprint density at radius 3 is 2.27 bits per heavy atom. The number of aliphatic hydroxyl groups excluding tert-OH is 1. The van der Waals surface area contributed by atoms with Gasteiger partial charge in [0.1, 0.15) is 41.6 Å². The molecule has 2 bridgehead atoms. The Morgan fingerprint density at radius 1 is 0.950 bits per heavy atom. The Labute approximate surface area is 231 Å². The predicted molar refractivity (Wildman–Crippen MR) is 145 cm³/mol.